The minimum absolute atomic E-state index is 0.102. The number of para-hydroxylation sites is 1. The third kappa shape index (κ3) is 6.18. The van der Waals surface area contributed by atoms with Crippen molar-refractivity contribution in [3.8, 4) is 22.8 Å². The summed E-state index contributed by atoms with van der Waals surface area (Å²) in [5.74, 6) is 0.254. The second-order valence-corrected chi connectivity index (χ2v) is 11.4. The average molecular weight is 621 g/mol. The normalized spacial score (nSPS) is 17.3. The van der Waals surface area contributed by atoms with Gasteiger partial charge in [-0.2, -0.15) is 4.99 Å². The van der Waals surface area contributed by atoms with Crippen molar-refractivity contribution in [3.05, 3.63) is 89.2 Å². The third-order valence-corrected chi connectivity index (χ3v) is 8.36. The highest BCUT2D eigenvalue weighted by atomic mass is 32.2. The predicted molar refractivity (Wildman–Crippen MR) is 161 cm³/mol. The highest BCUT2D eigenvalue weighted by Gasteiger charge is 2.33. The van der Waals surface area contributed by atoms with E-state index in [4.69, 9.17) is 0 Å². The van der Waals surface area contributed by atoms with Crippen molar-refractivity contribution in [1.82, 2.24) is 20.1 Å². The van der Waals surface area contributed by atoms with Gasteiger partial charge in [-0.1, -0.05) is 49.0 Å². The van der Waals surface area contributed by atoms with Crippen LogP contribution < -0.4 is 15.0 Å². The van der Waals surface area contributed by atoms with E-state index >= 15 is 0 Å². The van der Waals surface area contributed by atoms with Gasteiger partial charge in [-0.05, 0) is 78.8 Å². The van der Waals surface area contributed by atoms with Gasteiger partial charge in [0, 0.05) is 11.6 Å². The number of aryl methyl sites for hydroxylation is 2. The van der Waals surface area contributed by atoms with Crippen LogP contribution in [-0.4, -0.2) is 50.0 Å². The highest BCUT2D eigenvalue weighted by Crippen LogP contribution is 2.33. The van der Waals surface area contributed by atoms with E-state index in [0.29, 0.717) is 29.5 Å². The van der Waals surface area contributed by atoms with Crippen LogP contribution in [0.2, 0.25) is 0 Å². The molecule has 2 heterocycles. The summed E-state index contributed by atoms with van der Waals surface area (Å²) in [6, 6.07) is 16.4. The molecular weight excluding hydrogens is 593 g/mol. The smallest absolute Gasteiger partial charge is 0.406 e. The van der Waals surface area contributed by atoms with E-state index in [-0.39, 0.29) is 23.5 Å². The zero-order valence-corrected chi connectivity index (χ0v) is 24.6. The summed E-state index contributed by atoms with van der Waals surface area (Å²) in [6.45, 7) is 3.97. The minimum atomic E-state index is -4.76. The zero-order valence-electron chi connectivity index (χ0n) is 23.8. The second-order valence-electron chi connectivity index (χ2n) is 10.4. The number of benzene rings is 3. The van der Waals surface area contributed by atoms with Crippen molar-refractivity contribution >= 4 is 34.6 Å². The van der Waals surface area contributed by atoms with Crippen LogP contribution in [0.4, 0.5) is 23.7 Å². The number of urea groups is 1. The topological polar surface area (TPSA) is 102 Å². The first-order valence-corrected chi connectivity index (χ1v) is 14.9. The predicted octanol–water partition coefficient (Wildman–Crippen LogP) is 6.02. The van der Waals surface area contributed by atoms with Crippen molar-refractivity contribution < 1.29 is 27.5 Å². The number of nitrogens with zero attached hydrogens (tertiary/aromatic N) is 5. The molecule has 3 aromatic carbocycles. The van der Waals surface area contributed by atoms with E-state index in [1.54, 1.807) is 4.90 Å². The number of hydrogen-bond acceptors (Lipinski definition) is 6. The van der Waals surface area contributed by atoms with Gasteiger partial charge in [0.15, 0.2) is 11.0 Å². The second kappa shape index (κ2) is 11.8. The quantitative estimate of drug-likeness (QED) is 0.283. The monoisotopic (exact) mass is 620 g/mol. The minimum Gasteiger partial charge on any atom is -0.406 e. The maximum Gasteiger partial charge on any atom is 0.573 e. The number of carbonyl (C=O) groups is 2. The van der Waals surface area contributed by atoms with Gasteiger partial charge < -0.3 is 10.1 Å². The molecule has 1 N–H and O–H groups in total. The Morgan fingerprint density at radius 3 is 2.64 bits per heavy atom. The summed E-state index contributed by atoms with van der Waals surface area (Å²) in [5.41, 5.74) is 6.19. The molecule has 2 aliphatic rings. The summed E-state index contributed by atoms with van der Waals surface area (Å²) in [4.78, 5) is 36.0. The maximum absolute atomic E-state index is 13.0. The Morgan fingerprint density at radius 1 is 1.11 bits per heavy atom. The van der Waals surface area contributed by atoms with Gasteiger partial charge >= 0.3 is 12.4 Å². The van der Waals surface area contributed by atoms with Crippen molar-refractivity contribution in [2.24, 2.45) is 4.99 Å². The molecule has 1 aliphatic heterocycles. The number of aromatic nitrogens is 3. The Hall–Kier alpha value is -4.65. The molecule has 13 heteroatoms. The van der Waals surface area contributed by atoms with Crippen LogP contribution in [0.25, 0.3) is 17.1 Å². The van der Waals surface area contributed by atoms with Gasteiger partial charge in [0.2, 0.25) is 5.91 Å². The third-order valence-electron chi connectivity index (χ3n) is 7.44. The van der Waals surface area contributed by atoms with Crippen molar-refractivity contribution in [2.45, 2.75) is 45.5 Å². The van der Waals surface area contributed by atoms with Crippen LogP contribution in [0.15, 0.2) is 72.0 Å². The number of alkyl halides is 3. The van der Waals surface area contributed by atoms with Crippen LogP contribution in [0, 0.1) is 6.92 Å². The molecule has 9 nitrogen and oxygen atoms in total. The van der Waals surface area contributed by atoms with E-state index in [1.165, 1.54) is 47.0 Å². The Balaban J connectivity index is 1.12. The van der Waals surface area contributed by atoms with Gasteiger partial charge in [-0.15, -0.1) is 18.3 Å². The molecule has 1 aliphatic carbocycles. The Labute approximate surface area is 255 Å². The molecule has 0 spiro atoms. The van der Waals surface area contributed by atoms with Crippen LogP contribution >= 0.6 is 11.8 Å². The number of nitrogens with one attached hydrogen (secondary N) is 1. The van der Waals surface area contributed by atoms with Crippen molar-refractivity contribution in [2.75, 3.05) is 10.7 Å². The number of aliphatic imine (C=N–C) groups is 1. The average Bonchev–Trinajstić information content (AvgIpc) is 3.71. The van der Waals surface area contributed by atoms with E-state index in [9.17, 15) is 22.8 Å². The Kier molecular flexibility index (Phi) is 7.89. The molecule has 1 aromatic heterocycles. The van der Waals surface area contributed by atoms with Crippen molar-refractivity contribution in [1.29, 1.82) is 0 Å². The molecule has 0 saturated carbocycles. The van der Waals surface area contributed by atoms with Crippen LogP contribution in [0.1, 0.15) is 29.2 Å². The van der Waals surface area contributed by atoms with Crippen LogP contribution in [0.5, 0.6) is 5.75 Å². The Bertz CT molecular complexity index is 1770. The molecule has 3 amide bonds. The summed E-state index contributed by atoms with van der Waals surface area (Å²) in [6.07, 6.45) is -1.30. The first-order chi connectivity index (χ1) is 21.1. The van der Waals surface area contributed by atoms with Gasteiger partial charge in [-0.25, -0.2) is 14.5 Å². The van der Waals surface area contributed by atoms with E-state index in [2.05, 4.69) is 25.1 Å². The molecule has 1 atom stereocenters. The molecular formula is C31H27F3N6O3S. The standard InChI is InChI=1S/C31H27F3N6O3S/c1-3-19-6-4-5-18(2)27(19)40-26(41)16-44-30(40)37-29(42)36-23-14-20-7-8-21(13-22(20)15-23)28-35-17-39(38-28)24-9-11-25(12-10-24)43-31(32,33)34/h4-13,17,23H,3,14-16H2,1-2H3,(H,36,42). The number of halogens is 3. The largest absolute Gasteiger partial charge is 0.573 e. The number of rotatable bonds is 6. The first kappa shape index (κ1) is 29.4. The van der Waals surface area contributed by atoms with Gasteiger partial charge in [-0.3, -0.25) is 9.69 Å². The summed E-state index contributed by atoms with van der Waals surface area (Å²) >= 11 is 1.26. The van der Waals surface area contributed by atoms with E-state index < -0.39 is 12.4 Å². The summed E-state index contributed by atoms with van der Waals surface area (Å²) < 4.78 is 42.7. The lowest BCUT2D eigenvalue weighted by molar-refractivity contribution is -0.274. The molecule has 1 fully saturated rings. The summed E-state index contributed by atoms with van der Waals surface area (Å²) in [7, 11) is 0. The van der Waals surface area contributed by atoms with Crippen LogP contribution in [-0.2, 0) is 24.1 Å². The molecule has 44 heavy (non-hydrogen) atoms. The van der Waals surface area contributed by atoms with Gasteiger partial charge in [0.05, 0.1) is 17.1 Å². The Morgan fingerprint density at radius 2 is 1.89 bits per heavy atom. The fourth-order valence-corrected chi connectivity index (χ4v) is 6.31. The molecule has 0 radical (unpaired) electrons. The molecule has 0 bridgehead atoms. The SMILES string of the molecule is CCc1cccc(C)c1N1C(=O)CSC1=NC(=O)NC1Cc2ccc(-c3ncn(-c4ccc(OC(F)(F)F)cc4)n3)cc2C1. The van der Waals surface area contributed by atoms with Gasteiger partial charge in [0.25, 0.3) is 0 Å². The fraction of sp³-hybridized carbons (Fsp3) is 0.258. The van der Waals surface area contributed by atoms with Crippen LogP contribution in [0.3, 0.4) is 0 Å². The molecule has 226 valence electrons. The number of thioether (sulfide) groups is 1. The van der Waals surface area contributed by atoms with Crippen molar-refractivity contribution in [3.63, 3.8) is 0 Å². The van der Waals surface area contributed by atoms with E-state index in [1.807, 2.05) is 50.2 Å². The first-order valence-electron chi connectivity index (χ1n) is 13.9. The molecule has 4 aromatic rings. The molecule has 1 unspecified atom stereocenters. The lowest BCUT2D eigenvalue weighted by Crippen LogP contribution is -2.36. The number of anilines is 1. The fourth-order valence-electron chi connectivity index (χ4n) is 5.46. The summed E-state index contributed by atoms with van der Waals surface area (Å²) in [5, 5.41) is 7.85. The number of hydrogen-bond donors (Lipinski definition) is 1. The van der Waals surface area contributed by atoms with Gasteiger partial charge in [0.1, 0.15) is 12.1 Å². The number of ether oxygens (including phenoxy) is 1. The number of amidine groups is 1. The molecule has 6 rings (SSSR count). The zero-order chi connectivity index (χ0) is 31.0. The lowest BCUT2D eigenvalue weighted by Gasteiger charge is -2.21. The number of amides is 3. The number of carbonyl (C=O) groups excluding carboxylic acids is 2. The highest BCUT2D eigenvalue weighted by molar-refractivity contribution is 8.15. The number of fused-ring (bicyclic) bond motifs is 1. The molecule has 1 saturated heterocycles. The van der Waals surface area contributed by atoms with E-state index in [0.717, 1.165) is 39.9 Å². The maximum atomic E-state index is 13.0. The lowest BCUT2D eigenvalue weighted by atomic mass is 10.0.